The van der Waals surface area contributed by atoms with Gasteiger partial charge in [-0.15, -0.1) is 0 Å². The van der Waals surface area contributed by atoms with Gasteiger partial charge in [-0.25, -0.2) is 0 Å². The fraction of sp³-hybridized carbons (Fsp3) is 0.667. The standard InChI is InChI=1S/C9H12O3/c10-5-7-2-1-6-3-4-12-9(11)8(6)7/h2,6,8,10H,1,3-5H2/t6-,8+/m1/s1. The molecule has 0 saturated carbocycles. The van der Waals surface area contributed by atoms with Crippen molar-refractivity contribution in [3.63, 3.8) is 0 Å². The lowest BCUT2D eigenvalue weighted by atomic mass is 9.87. The highest BCUT2D eigenvalue weighted by atomic mass is 16.5. The van der Waals surface area contributed by atoms with Gasteiger partial charge in [0.2, 0.25) is 0 Å². The Morgan fingerprint density at radius 2 is 2.50 bits per heavy atom. The number of allylic oxidation sites excluding steroid dienone is 1. The highest BCUT2D eigenvalue weighted by Gasteiger charge is 2.38. The van der Waals surface area contributed by atoms with Crippen molar-refractivity contribution in [2.24, 2.45) is 11.8 Å². The molecule has 1 N–H and O–H groups in total. The Morgan fingerprint density at radius 3 is 3.25 bits per heavy atom. The topological polar surface area (TPSA) is 46.5 Å². The summed E-state index contributed by atoms with van der Waals surface area (Å²) in [6, 6.07) is 0. The Bertz CT molecular complexity index is 232. The maximum absolute atomic E-state index is 11.3. The van der Waals surface area contributed by atoms with Crippen LogP contribution < -0.4 is 0 Å². The second kappa shape index (κ2) is 2.90. The molecule has 1 aliphatic heterocycles. The third-order valence-electron chi connectivity index (χ3n) is 2.72. The van der Waals surface area contributed by atoms with Crippen LogP contribution in [-0.2, 0) is 9.53 Å². The summed E-state index contributed by atoms with van der Waals surface area (Å²) in [5, 5.41) is 8.95. The molecular formula is C9H12O3. The molecule has 0 unspecified atom stereocenters. The number of rotatable bonds is 1. The van der Waals surface area contributed by atoms with E-state index < -0.39 is 0 Å². The lowest BCUT2D eigenvalue weighted by Crippen LogP contribution is -2.31. The van der Waals surface area contributed by atoms with Gasteiger partial charge in [0.25, 0.3) is 0 Å². The lowest BCUT2D eigenvalue weighted by Gasteiger charge is -2.25. The van der Waals surface area contributed by atoms with Crippen LogP contribution in [0, 0.1) is 11.8 Å². The van der Waals surface area contributed by atoms with E-state index in [1.807, 2.05) is 6.08 Å². The van der Waals surface area contributed by atoms with E-state index in [0.717, 1.165) is 18.4 Å². The SMILES string of the molecule is O=C1OCC[C@H]2CC=C(CO)[C@@H]12. The summed E-state index contributed by atoms with van der Waals surface area (Å²) in [5.41, 5.74) is 0.852. The molecule has 1 saturated heterocycles. The molecule has 3 nitrogen and oxygen atoms in total. The zero-order valence-electron chi connectivity index (χ0n) is 6.82. The Balaban J connectivity index is 2.18. The van der Waals surface area contributed by atoms with Gasteiger partial charge in [0.05, 0.1) is 19.1 Å². The first-order chi connectivity index (χ1) is 5.83. The second-order valence-corrected chi connectivity index (χ2v) is 3.37. The van der Waals surface area contributed by atoms with E-state index >= 15 is 0 Å². The second-order valence-electron chi connectivity index (χ2n) is 3.37. The van der Waals surface area contributed by atoms with Gasteiger partial charge in [-0.05, 0) is 24.3 Å². The van der Waals surface area contributed by atoms with Gasteiger partial charge in [-0.2, -0.15) is 0 Å². The lowest BCUT2D eigenvalue weighted by molar-refractivity contribution is -0.154. The average molecular weight is 168 g/mol. The van der Waals surface area contributed by atoms with E-state index in [2.05, 4.69) is 0 Å². The zero-order valence-corrected chi connectivity index (χ0v) is 6.82. The molecule has 1 heterocycles. The van der Waals surface area contributed by atoms with Gasteiger partial charge in [0, 0.05) is 0 Å². The minimum absolute atomic E-state index is 0.00370. The molecule has 2 atom stereocenters. The van der Waals surface area contributed by atoms with Crippen molar-refractivity contribution in [1.82, 2.24) is 0 Å². The van der Waals surface area contributed by atoms with Crippen LogP contribution in [0.2, 0.25) is 0 Å². The number of ether oxygens (including phenoxy) is 1. The largest absolute Gasteiger partial charge is 0.465 e. The van der Waals surface area contributed by atoms with E-state index in [1.54, 1.807) is 0 Å². The van der Waals surface area contributed by atoms with Crippen molar-refractivity contribution in [3.8, 4) is 0 Å². The molecule has 0 bridgehead atoms. The van der Waals surface area contributed by atoms with Crippen molar-refractivity contribution in [2.75, 3.05) is 13.2 Å². The molecule has 3 heteroatoms. The number of cyclic esters (lactones) is 1. The van der Waals surface area contributed by atoms with Crippen molar-refractivity contribution < 1.29 is 14.6 Å². The van der Waals surface area contributed by atoms with Crippen LogP contribution in [0.1, 0.15) is 12.8 Å². The summed E-state index contributed by atoms with van der Waals surface area (Å²) in [7, 11) is 0. The van der Waals surface area contributed by atoms with Crippen LogP contribution in [-0.4, -0.2) is 24.3 Å². The summed E-state index contributed by atoms with van der Waals surface area (Å²) in [5.74, 6) is 0.112. The molecule has 0 radical (unpaired) electrons. The molecule has 0 aromatic rings. The first-order valence-corrected chi connectivity index (χ1v) is 4.29. The van der Waals surface area contributed by atoms with Crippen LogP contribution >= 0.6 is 0 Å². The number of hydrogen-bond acceptors (Lipinski definition) is 3. The number of carbonyl (C=O) groups excluding carboxylic acids is 1. The first-order valence-electron chi connectivity index (χ1n) is 4.29. The summed E-state index contributed by atoms with van der Waals surface area (Å²) in [6.45, 7) is 0.544. The van der Waals surface area contributed by atoms with Crippen molar-refractivity contribution in [3.05, 3.63) is 11.6 Å². The van der Waals surface area contributed by atoms with E-state index in [-0.39, 0.29) is 18.5 Å². The van der Waals surface area contributed by atoms with Gasteiger partial charge in [0.1, 0.15) is 0 Å². The fourth-order valence-electron chi connectivity index (χ4n) is 2.06. The van der Waals surface area contributed by atoms with Crippen LogP contribution in [0.4, 0.5) is 0 Å². The smallest absolute Gasteiger partial charge is 0.313 e. The number of hydrogen-bond donors (Lipinski definition) is 1. The summed E-state index contributed by atoms with van der Waals surface area (Å²) in [4.78, 5) is 11.3. The minimum Gasteiger partial charge on any atom is -0.465 e. The molecule has 2 rings (SSSR count). The maximum Gasteiger partial charge on any atom is 0.313 e. The predicted octanol–water partition coefficient (Wildman–Crippen LogP) is 0.488. The van der Waals surface area contributed by atoms with Gasteiger partial charge in [-0.1, -0.05) is 6.08 Å². The number of aliphatic hydroxyl groups is 1. The van der Waals surface area contributed by atoms with E-state index in [4.69, 9.17) is 9.84 Å². The molecule has 1 aliphatic carbocycles. The van der Waals surface area contributed by atoms with Crippen LogP contribution in [0.3, 0.4) is 0 Å². The van der Waals surface area contributed by atoms with Gasteiger partial charge in [-0.3, -0.25) is 4.79 Å². The third kappa shape index (κ3) is 1.05. The molecule has 66 valence electrons. The van der Waals surface area contributed by atoms with E-state index in [9.17, 15) is 4.79 Å². The summed E-state index contributed by atoms with van der Waals surface area (Å²) in [6.07, 6.45) is 3.84. The van der Waals surface area contributed by atoms with Gasteiger partial charge >= 0.3 is 5.97 Å². The van der Waals surface area contributed by atoms with Crippen molar-refractivity contribution >= 4 is 5.97 Å². The number of esters is 1. The van der Waals surface area contributed by atoms with Crippen LogP contribution in [0.5, 0.6) is 0 Å². The molecule has 0 aromatic heterocycles. The monoisotopic (exact) mass is 168 g/mol. The van der Waals surface area contributed by atoms with Crippen molar-refractivity contribution in [1.29, 1.82) is 0 Å². The summed E-state index contributed by atoms with van der Waals surface area (Å²) < 4.78 is 4.93. The van der Waals surface area contributed by atoms with Crippen LogP contribution in [0.25, 0.3) is 0 Å². The first kappa shape index (κ1) is 7.80. The van der Waals surface area contributed by atoms with Crippen molar-refractivity contribution in [2.45, 2.75) is 12.8 Å². The molecular weight excluding hydrogens is 156 g/mol. The Hall–Kier alpha value is -0.830. The quantitative estimate of drug-likeness (QED) is 0.458. The zero-order chi connectivity index (χ0) is 8.55. The molecule has 1 fully saturated rings. The third-order valence-corrected chi connectivity index (χ3v) is 2.72. The molecule has 12 heavy (non-hydrogen) atoms. The van der Waals surface area contributed by atoms with Gasteiger partial charge in [0.15, 0.2) is 0 Å². The van der Waals surface area contributed by atoms with Crippen LogP contribution in [0.15, 0.2) is 11.6 Å². The predicted molar refractivity (Wildman–Crippen MR) is 42.3 cm³/mol. The molecule has 0 amide bonds. The average Bonchev–Trinajstić information content (AvgIpc) is 2.49. The fourth-order valence-corrected chi connectivity index (χ4v) is 2.06. The normalized spacial score (nSPS) is 34.1. The maximum atomic E-state index is 11.3. The molecule has 0 spiro atoms. The number of carbonyl (C=O) groups is 1. The minimum atomic E-state index is -0.149. The summed E-state index contributed by atoms with van der Waals surface area (Å²) >= 11 is 0. The number of aliphatic hydroxyl groups excluding tert-OH is 1. The Morgan fingerprint density at radius 1 is 1.67 bits per heavy atom. The van der Waals surface area contributed by atoms with E-state index in [0.29, 0.717) is 12.5 Å². The van der Waals surface area contributed by atoms with Gasteiger partial charge < -0.3 is 9.84 Å². The van der Waals surface area contributed by atoms with E-state index in [1.165, 1.54) is 0 Å². The molecule has 0 aromatic carbocycles. The number of fused-ring (bicyclic) bond motifs is 1. The Labute approximate surface area is 71.0 Å². The Kier molecular flexibility index (Phi) is 1.89. The molecule has 2 aliphatic rings. The highest BCUT2D eigenvalue weighted by molar-refractivity contribution is 5.77. The highest BCUT2D eigenvalue weighted by Crippen LogP contribution is 2.37.